The number of nitrogens with zero attached hydrogens (tertiary/aromatic N) is 1. The second kappa shape index (κ2) is 7.37. The molecule has 3 heteroatoms. The molecule has 1 fully saturated rings. The molecule has 3 heterocycles. The van der Waals surface area contributed by atoms with Gasteiger partial charge in [0.05, 0.1) is 6.04 Å². The van der Waals surface area contributed by atoms with Gasteiger partial charge in [-0.05, 0) is 45.2 Å². The van der Waals surface area contributed by atoms with Gasteiger partial charge in [-0.15, -0.1) is 0 Å². The first-order chi connectivity index (χ1) is 13.1. The lowest BCUT2D eigenvalue weighted by Gasteiger charge is -2.45. The number of hydrogen-bond acceptors (Lipinski definition) is 3. The highest BCUT2D eigenvalue weighted by Gasteiger charge is 2.51. The van der Waals surface area contributed by atoms with Crippen LogP contribution in [0.3, 0.4) is 0 Å². The molecule has 1 aromatic carbocycles. The molecular formula is C24H27NO2. The van der Waals surface area contributed by atoms with Crippen molar-refractivity contribution in [3.05, 3.63) is 59.2 Å². The Kier molecular flexibility index (Phi) is 4.93. The predicted octanol–water partition coefficient (Wildman–Crippen LogP) is 4.05. The maximum Gasteiger partial charge on any atom is 0.332 e. The normalized spacial score (nSPS) is 30.1. The van der Waals surface area contributed by atoms with Crippen LogP contribution in [0.25, 0.3) is 0 Å². The summed E-state index contributed by atoms with van der Waals surface area (Å²) >= 11 is 0. The van der Waals surface area contributed by atoms with Crippen molar-refractivity contribution >= 4 is 5.97 Å². The molecule has 0 saturated carbocycles. The molecule has 0 bridgehead atoms. The SMILES string of the molecule is C[C@H]1C=C(C#CCCc2ccccc2)C2=CC(=O)O[C@]2(C)[C@H]2CCCCN12. The van der Waals surface area contributed by atoms with Gasteiger partial charge in [0.15, 0.2) is 5.60 Å². The summed E-state index contributed by atoms with van der Waals surface area (Å²) in [7, 11) is 0. The summed E-state index contributed by atoms with van der Waals surface area (Å²) in [4.78, 5) is 14.6. The molecule has 0 radical (unpaired) electrons. The van der Waals surface area contributed by atoms with E-state index in [1.54, 1.807) is 6.08 Å². The van der Waals surface area contributed by atoms with Crippen LogP contribution in [-0.4, -0.2) is 35.1 Å². The lowest BCUT2D eigenvalue weighted by atomic mass is 9.81. The van der Waals surface area contributed by atoms with Crippen molar-refractivity contribution in [3.8, 4) is 11.8 Å². The summed E-state index contributed by atoms with van der Waals surface area (Å²) in [5.41, 5.74) is 2.66. The molecule has 0 unspecified atom stereocenters. The van der Waals surface area contributed by atoms with Gasteiger partial charge in [-0.25, -0.2) is 4.79 Å². The zero-order chi connectivity index (χ0) is 18.9. The minimum atomic E-state index is -0.581. The molecule has 1 aromatic rings. The average molecular weight is 361 g/mol. The number of hydrogen-bond donors (Lipinski definition) is 0. The molecule has 140 valence electrons. The molecule has 3 nitrogen and oxygen atoms in total. The van der Waals surface area contributed by atoms with Gasteiger partial charge in [0.25, 0.3) is 0 Å². The van der Waals surface area contributed by atoms with Crippen LogP contribution in [0.15, 0.2) is 53.6 Å². The highest BCUT2D eigenvalue weighted by Crippen LogP contribution is 2.44. The van der Waals surface area contributed by atoms with E-state index in [4.69, 9.17) is 4.74 Å². The monoisotopic (exact) mass is 361 g/mol. The van der Waals surface area contributed by atoms with Crippen LogP contribution in [0.5, 0.6) is 0 Å². The summed E-state index contributed by atoms with van der Waals surface area (Å²) in [5.74, 6) is 6.47. The molecule has 3 aliphatic rings. The third-order valence-electron chi connectivity index (χ3n) is 6.12. The minimum Gasteiger partial charge on any atom is -0.450 e. The van der Waals surface area contributed by atoms with E-state index in [2.05, 4.69) is 60.9 Å². The minimum absolute atomic E-state index is 0.232. The number of rotatable bonds is 2. The van der Waals surface area contributed by atoms with Crippen molar-refractivity contribution in [3.63, 3.8) is 0 Å². The molecule has 3 aliphatic heterocycles. The van der Waals surface area contributed by atoms with Crippen LogP contribution in [-0.2, 0) is 16.0 Å². The largest absolute Gasteiger partial charge is 0.450 e. The van der Waals surface area contributed by atoms with E-state index >= 15 is 0 Å². The summed E-state index contributed by atoms with van der Waals surface area (Å²) < 4.78 is 5.87. The molecular weight excluding hydrogens is 334 g/mol. The number of carbonyl (C=O) groups is 1. The zero-order valence-corrected chi connectivity index (χ0v) is 16.2. The number of aryl methyl sites for hydroxylation is 1. The number of ether oxygens (including phenoxy) is 1. The van der Waals surface area contributed by atoms with Crippen LogP contribution in [0, 0.1) is 11.8 Å². The zero-order valence-electron chi connectivity index (χ0n) is 16.2. The maximum absolute atomic E-state index is 12.2. The van der Waals surface area contributed by atoms with Crippen LogP contribution in [0.1, 0.15) is 45.1 Å². The Bertz CT molecular complexity index is 842. The molecule has 3 atom stereocenters. The first-order valence-electron chi connectivity index (χ1n) is 10.0. The van der Waals surface area contributed by atoms with E-state index in [0.717, 1.165) is 37.0 Å². The molecule has 4 rings (SSSR count). The van der Waals surface area contributed by atoms with Crippen molar-refractivity contribution < 1.29 is 9.53 Å². The summed E-state index contributed by atoms with van der Waals surface area (Å²) in [6, 6.07) is 11.0. The molecule has 0 aliphatic carbocycles. The van der Waals surface area contributed by atoms with E-state index in [9.17, 15) is 4.79 Å². The van der Waals surface area contributed by atoms with Crippen LogP contribution < -0.4 is 0 Å². The standard InChI is InChI=1S/C24H27NO2/c1-18-16-20(13-7-6-12-19-10-4-3-5-11-19)21-17-23(26)27-24(21,2)22-14-8-9-15-25(18)22/h3-5,10-11,16-18,22H,6,8-9,12,14-15H2,1-2H3/t18-,22+,24-/m0/s1. The van der Waals surface area contributed by atoms with Crippen molar-refractivity contribution in [2.24, 2.45) is 0 Å². The maximum atomic E-state index is 12.2. The molecule has 0 amide bonds. The highest BCUT2D eigenvalue weighted by molar-refractivity contribution is 5.89. The quantitative estimate of drug-likeness (QED) is 0.588. The van der Waals surface area contributed by atoms with E-state index in [0.29, 0.717) is 6.04 Å². The number of carbonyl (C=O) groups excluding carboxylic acids is 1. The number of fused-ring (bicyclic) bond motifs is 3. The second-order valence-electron chi connectivity index (χ2n) is 7.94. The van der Waals surface area contributed by atoms with Crippen molar-refractivity contribution in [2.75, 3.05) is 6.54 Å². The van der Waals surface area contributed by atoms with Gasteiger partial charge in [-0.3, -0.25) is 4.90 Å². The van der Waals surface area contributed by atoms with Gasteiger partial charge in [0, 0.05) is 29.7 Å². The Morgan fingerprint density at radius 2 is 2.07 bits per heavy atom. The topological polar surface area (TPSA) is 29.5 Å². The molecule has 1 saturated heterocycles. The van der Waals surface area contributed by atoms with Gasteiger partial charge in [0.1, 0.15) is 0 Å². The molecule has 0 spiro atoms. The van der Waals surface area contributed by atoms with Crippen LogP contribution in [0.4, 0.5) is 0 Å². The average Bonchev–Trinajstić information content (AvgIpc) is 2.96. The fourth-order valence-electron chi connectivity index (χ4n) is 4.73. The lowest BCUT2D eigenvalue weighted by Crippen LogP contribution is -2.55. The van der Waals surface area contributed by atoms with E-state index in [1.165, 1.54) is 18.4 Å². The van der Waals surface area contributed by atoms with E-state index in [1.807, 2.05) is 6.07 Å². The van der Waals surface area contributed by atoms with E-state index < -0.39 is 5.60 Å². The fraction of sp³-hybridized carbons (Fsp3) is 0.458. The van der Waals surface area contributed by atoms with Crippen molar-refractivity contribution in [1.29, 1.82) is 0 Å². The third kappa shape index (κ3) is 3.47. The number of esters is 1. The number of benzene rings is 1. The smallest absolute Gasteiger partial charge is 0.332 e. The summed E-state index contributed by atoms with van der Waals surface area (Å²) in [6.07, 6.45) is 9.10. The van der Waals surface area contributed by atoms with Crippen LogP contribution >= 0.6 is 0 Å². The Balaban J connectivity index is 1.60. The van der Waals surface area contributed by atoms with E-state index in [-0.39, 0.29) is 12.0 Å². The predicted molar refractivity (Wildman–Crippen MR) is 107 cm³/mol. The van der Waals surface area contributed by atoms with Gasteiger partial charge >= 0.3 is 5.97 Å². The first kappa shape index (κ1) is 18.1. The van der Waals surface area contributed by atoms with Gasteiger partial charge in [0.2, 0.25) is 0 Å². The third-order valence-corrected chi connectivity index (χ3v) is 6.12. The Morgan fingerprint density at radius 3 is 2.89 bits per heavy atom. The van der Waals surface area contributed by atoms with Crippen LogP contribution in [0.2, 0.25) is 0 Å². The summed E-state index contributed by atoms with van der Waals surface area (Å²) in [6.45, 7) is 5.36. The highest BCUT2D eigenvalue weighted by atomic mass is 16.6. The first-order valence-corrected chi connectivity index (χ1v) is 10.0. The Morgan fingerprint density at radius 1 is 1.26 bits per heavy atom. The Hall–Kier alpha value is -2.31. The molecule has 27 heavy (non-hydrogen) atoms. The lowest BCUT2D eigenvalue weighted by molar-refractivity contribution is -0.151. The fourth-order valence-corrected chi connectivity index (χ4v) is 4.73. The Labute approximate surface area is 162 Å². The molecule has 0 N–H and O–H groups in total. The number of piperidine rings is 1. The van der Waals surface area contributed by atoms with Crippen molar-refractivity contribution in [1.82, 2.24) is 4.90 Å². The van der Waals surface area contributed by atoms with Gasteiger partial charge in [-0.1, -0.05) is 54.7 Å². The van der Waals surface area contributed by atoms with Crippen molar-refractivity contribution in [2.45, 2.75) is 63.6 Å². The van der Waals surface area contributed by atoms with Gasteiger partial charge in [-0.2, -0.15) is 0 Å². The van der Waals surface area contributed by atoms with Gasteiger partial charge < -0.3 is 4.74 Å². The summed E-state index contributed by atoms with van der Waals surface area (Å²) in [5, 5.41) is 0. The molecule has 0 aromatic heterocycles. The second-order valence-corrected chi connectivity index (χ2v) is 7.94.